The first-order valence-corrected chi connectivity index (χ1v) is 9.66. The molecule has 0 spiro atoms. The molecule has 0 unspecified atom stereocenters. The van der Waals surface area contributed by atoms with Crippen molar-refractivity contribution in [2.75, 3.05) is 12.4 Å². The lowest BCUT2D eigenvalue weighted by Crippen LogP contribution is -2.24. The number of non-ortho nitro benzene ring substituents is 1. The van der Waals surface area contributed by atoms with E-state index < -0.39 is 11.0 Å². The number of nitro benzene ring substituents is 1. The Hall–Kier alpha value is -4.40. The van der Waals surface area contributed by atoms with Crippen LogP contribution in [-0.2, 0) is 6.61 Å². The quantitative estimate of drug-likeness (QED) is 0.304. The van der Waals surface area contributed by atoms with Crippen molar-refractivity contribution in [3.8, 4) is 11.5 Å². The molecule has 9 nitrogen and oxygen atoms in total. The highest BCUT2D eigenvalue weighted by Gasteiger charge is 2.08. The van der Waals surface area contributed by atoms with Gasteiger partial charge in [-0.1, -0.05) is 18.2 Å². The number of nitrogens with one attached hydrogen (secondary N) is 2. The maximum atomic E-state index is 12.0. The number of rotatable bonds is 8. The fraction of sp³-hybridized carbons (Fsp3) is 0.130. The van der Waals surface area contributed by atoms with Crippen molar-refractivity contribution < 1.29 is 19.2 Å². The Bertz CT molecular complexity index is 1130. The second kappa shape index (κ2) is 10.6. The Morgan fingerprint density at radius 2 is 1.84 bits per heavy atom. The molecule has 0 saturated heterocycles. The maximum absolute atomic E-state index is 12.0. The van der Waals surface area contributed by atoms with Crippen LogP contribution in [0.3, 0.4) is 0 Å². The normalized spacial score (nSPS) is 10.6. The smallest absolute Gasteiger partial charge is 0.339 e. The van der Waals surface area contributed by atoms with Gasteiger partial charge in [0.15, 0.2) is 11.5 Å². The molecule has 0 bridgehead atoms. The third-order valence-corrected chi connectivity index (χ3v) is 4.50. The van der Waals surface area contributed by atoms with Crippen LogP contribution < -0.4 is 20.2 Å². The number of amides is 2. The van der Waals surface area contributed by atoms with Crippen LogP contribution in [0.15, 0.2) is 71.8 Å². The van der Waals surface area contributed by atoms with Crippen LogP contribution in [0.25, 0.3) is 0 Å². The third kappa shape index (κ3) is 6.05. The topological polar surface area (TPSA) is 115 Å². The first-order chi connectivity index (χ1) is 15.5. The fourth-order valence-corrected chi connectivity index (χ4v) is 2.79. The zero-order valence-corrected chi connectivity index (χ0v) is 17.6. The number of para-hydroxylation sites is 1. The molecule has 164 valence electrons. The van der Waals surface area contributed by atoms with Gasteiger partial charge in [-0.15, -0.1) is 0 Å². The molecule has 0 aliphatic carbocycles. The lowest BCUT2D eigenvalue weighted by atomic mass is 10.2. The van der Waals surface area contributed by atoms with Gasteiger partial charge in [0.25, 0.3) is 5.69 Å². The Morgan fingerprint density at radius 3 is 2.53 bits per heavy atom. The number of hydrogen-bond acceptors (Lipinski definition) is 6. The molecular formula is C23H22N4O5. The van der Waals surface area contributed by atoms with Gasteiger partial charge in [-0.25, -0.2) is 10.2 Å². The summed E-state index contributed by atoms with van der Waals surface area (Å²) in [6.45, 7) is 2.12. The minimum Gasteiger partial charge on any atom is -0.493 e. The number of methoxy groups -OCH3 is 1. The van der Waals surface area contributed by atoms with Crippen molar-refractivity contribution in [3.05, 3.63) is 93.5 Å². The second-order valence-electron chi connectivity index (χ2n) is 6.76. The number of ether oxygens (including phenoxy) is 2. The van der Waals surface area contributed by atoms with Crippen molar-refractivity contribution in [1.82, 2.24) is 5.43 Å². The van der Waals surface area contributed by atoms with E-state index in [4.69, 9.17) is 9.47 Å². The van der Waals surface area contributed by atoms with Gasteiger partial charge in [0.1, 0.15) is 6.61 Å². The van der Waals surface area contributed by atoms with Crippen LogP contribution >= 0.6 is 0 Å². The molecule has 0 aliphatic rings. The number of nitro groups is 1. The first kappa shape index (κ1) is 22.3. The van der Waals surface area contributed by atoms with Crippen molar-refractivity contribution in [1.29, 1.82) is 0 Å². The van der Waals surface area contributed by atoms with E-state index in [1.54, 1.807) is 36.4 Å². The predicted octanol–water partition coefficient (Wildman–Crippen LogP) is 4.65. The van der Waals surface area contributed by atoms with Crippen LogP contribution in [0.4, 0.5) is 16.2 Å². The van der Waals surface area contributed by atoms with Gasteiger partial charge in [0.05, 0.1) is 18.2 Å². The first-order valence-electron chi connectivity index (χ1n) is 9.66. The molecule has 2 N–H and O–H groups in total. The number of carbonyl (C=O) groups is 1. The summed E-state index contributed by atoms with van der Waals surface area (Å²) in [7, 11) is 1.52. The number of benzene rings is 3. The Kier molecular flexibility index (Phi) is 7.37. The van der Waals surface area contributed by atoms with Crippen molar-refractivity contribution >= 4 is 23.6 Å². The standard InChI is InChI=1S/C23H22N4O5/c1-16-5-3-4-6-20(16)25-23(28)26-24-14-18-9-12-21(22(13-18)31-2)32-15-17-7-10-19(11-8-17)27(29)30/h3-14H,15H2,1-2H3,(H2,25,26,28). The van der Waals surface area contributed by atoms with Gasteiger partial charge in [0.2, 0.25) is 0 Å². The SMILES string of the molecule is COc1cc(C=NNC(=O)Nc2ccccc2C)ccc1OCc1ccc([N+](=O)[O-])cc1. The summed E-state index contributed by atoms with van der Waals surface area (Å²) in [4.78, 5) is 22.3. The molecule has 3 aromatic rings. The van der Waals surface area contributed by atoms with E-state index in [-0.39, 0.29) is 12.3 Å². The molecule has 0 radical (unpaired) electrons. The van der Waals surface area contributed by atoms with Crippen LogP contribution in [0.1, 0.15) is 16.7 Å². The van der Waals surface area contributed by atoms with Crippen molar-refractivity contribution in [2.45, 2.75) is 13.5 Å². The zero-order valence-electron chi connectivity index (χ0n) is 17.6. The molecule has 0 saturated carbocycles. The minimum atomic E-state index is -0.453. The Balaban J connectivity index is 1.57. The van der Waals surface area contributed by atoms with E-state index >= 15 is 0 Å². The van der Waals surface area contributed by atoms with Crippen molar-refractivity contribution in [2.24, 2.45) is 5.10 Å². The Morgan fingerprint density at radius 1 is 1.09 bits per heavy atom. The summed E-state index contributed by atoms with van der Waals surface area (Å²) in [5, 5.41) is 17.4. The van der Waals surface area contributed by atoms with E-state index in [1.807, 2.05) is 25.1 Å². The van der Waals surface area contributed by atoms with E-state index in [0.29, 0.717) is 22.7 Å². The summed E-state index contributed by atoms with van der Waals surface area (Å²) in [5.41, 5.74) is 5.57. The van der Waals surface area contributed by atoms with Crippen LogP contribution in [-0.4, -0.2) is 24.3 Å². The van der Waals surface area contributed by atoms with Crippen LogP contribution in [0.2, 0.25) is 0 Å². The summed E-state index contributed by atoms with van der Waals surface area (Å²) in [5.74, 6) is 0.994. The molecule has 32 heavy (non-hydrogen) atoms. The van der Waals surface area contributed by atoms with E-state index in [9.17, 15) is 14.9 Å². The fourth-order valence-electron chi connectivity index (χ4n) is 2.79. The lowest BCUT2D eigenvalue weighted by molar-refractivity contribution is -0.384. The monoisotopic (exact) mass is 434 g/mol. The molecule has 0 heterocycles. The Labute approximate surface area is 184 Å². The zero-order chi connectivity index (χ0) is 22.9. The number of aryl methyl sites for hydroxylation is 1. The second-order valence-corrected chi connectivity index (χ2v) is 6.76. The van der Waals surface area contributed by atoms with Crippen molar-refractivity contribution in [3.63, 3.8) is 0 Å². The van der Waals surface area contributed by atoms with E-state index in [1.165, 1.54) is 25.5 Å². The van der Waals surface area contributed by atoms with Gasteiger partial charge in [-0.2, -0.15) is 5.10 Å². The number of urea groups is 1. The summed E-state index contributed by atoms with van der Waals surface area (Å²) >= 11 is 0. The predicted molar refractivity (Wildman–Crippen MR) is 121 cm³/mol. The number of anilines is 1. The van der Waals surface area contributed by atoms with Gasteiger partial charge in [-0.05, 0) is 60.0 Å². The average Bonchev–Trinajstić information content (AvgIpc) is 2.80. The number of carbonyl (C=O) groups excluding carboxylic acids is 1. The number of hydrazone groups is 1. The molecule has 0 fully saturated rings. The highest BCUT2D eigenvalue weighted by atomic mass is 16.6. The molecule has 3 aromatic carbocycles. The van der Waals surface area contributed by atoms with Gasteiger partial charge in [-0.3, -0.25) is 10.1 Å². The largest absolute Gasteiger partial charge is 0.493 e. The maximum Gasteiger partial charge on any atom is 0.339 e. The van der Waals surface area contributed by atoms with Gasteiger partial charge < -0.3 is 14.8 Å². The summed E-state index contributed by atoms with van der Waals surface area (Å²) in [6.07, 6.45) is 1.49. The number of nitrogens with zero attached hydrogens (tertiary/aromatic N) is 2. The molecule has 3 rings (SSSR count). The molecule has 2 amide bonds. The molecule has 0 atom stereocenters. The molecular weight excluding hydrogens is 412 g/mol. The van der Waals surface area contributed by atoms with E-state index in [2.05, 4.69) is 15.8 Å². The lowest BCUT2D eigenvalue weighted by Gasteiger charge is -2.11. The summed E-state index contributed by atoms with van der Waals surface area (Å²) < 4.78 is 11.1. The van der Waals surface area contributed by atoms with Gasteiger partial charge in [0, 0.05) is 17.8 Å². The highest BCUT2D eigenvalue weighted by Crippen LogP contribution is 2.28. The van der Waals surface area contributed by atoms with E-state index in [0.717, 1.165) is 11.1 Å². The van der Waals surface area contributed by atoms with Crippen LogP contribution in [0, 0.1) is 17.0 Å². The van der Waals surface area contributed by atoms with Gasteiger partial charge >= 0.3 is 6.03 Å². The molecule has 0 aliphatic heterocycles. The number of hydrogen-bond donors (Lipinski definition) is 2. The minimum absolute atomic E-state index is 0.0242. The average molecular weight is 434 g/mol. The summed E-state index contributed by atoms with van der Waals surface area (Å²) in [6, 6.07) is 18.3. The van der Waals surface area contributed by atoms with Crippen LogP contribution in [0.5, 0.6) is 11.5 Å². The highest BCUT2D eigenvalue weighted by molar-refractivity contribution is 5.91. The third-order valence-electron chi connectivity index (χ3n) is 4.50. The molecule has 0 aromatic heterocycles. The molecule has 9 heteroatoms.